The van der Waals surface area contributed by atoms with E-state index in [-0.39, 0.29) is 24.2 Å². The summed E-state index contributed by atoms with van der Waals surface area (Å²) in [6.45, 7) is 11.2. The SMILES string of the molecule is Cc1cccc(F)c1-c1nc2n(c1C(C)C)CCN(C(=O)CN)C2(C)C. The number of hydrogen-bond donors (Lipinski definition) is 1. The molecule has 0 bridgehead atoms. The Morgan fingerprint density at radius 1 is 1.35 bits per heavy atom. The van der Waals surface area contributed by atoms with Gasteiger partial charge in [0.05, 0.1) is 17.8 Å². The highest BCUT2D eigenvalue weighted by Crippen LogP contribution is 2.39. The van der Waals surface area contributed by atoms with Crippen LogP contribution in [-0.2, 0) is 16.9 Å². The highest BCUT2D eigenvalue weighted by atomic mass is 19.1. The fourth-order valence-electron chi connectivity index (χ4n) is 4.01. The van der Waals surface area contributed by atoms with Gasteiger partial charge >= 0.3 is 0 Å². The molecule has 1 amide bonds. The van der Waals surface area contributed by atoms with Gasteiger partial charge in [0.25, 0.3) is 0 Å². The Morgan fingerprint density at radius 3 is 2.62 bits per heavy atom. The van der Waals surface area contributed by atoms with Gasteiger partial charge in [0, 0.05) is 24.3 Å². The van der Waals surface area contributed by atoms with E-state index in [9.17, 15) is 9.18 Å². The van der Waals surface area contributed by atoms with Crippen molar-refractivity contribution in [2.24, 2.45) is 5.73 Å². The predicted octanol–water partition coefficient (Wildman–Crippen LogP) is 3.16. The normalized spacial score (nSPS) is 16.1. The molecule has 0 fully saturated rings. The van der Waals surface area contributed by atoms with Gasteiger partial charge in [-0.1, -0.05) is 26.0 Å². The molecule has 1 aromatic carbocycles. The second-order valence-corrected chi connectivity index (χ2v) is 7.72. The van der Waals surface area contributed by atoms with E-state index in [1.54, 1.807) is 11.0 Å². The van der Waals surface area contributed by atoms with Gasteiger partial charge in [-0.3, -0.25) is 4.79 Å². The van der Waals surface area contributed by atoms with Crippen molar-refractivity contribution in [1.29, 1.82) is 0 Å². The number of nitrogens with two attached hydrogens (primary N) is 1. The molecule has 0 atom stereocenters. The van der Waals surface area contributed by atoms with E-state index in [2.05, 4.69) is 18.4 Å². The van der Waals surface area contributed by atoms with Crippen LogP contribution in [-0.4, -0.2) is 33.4 Å². The number of hydrogen-bond acceptors (Lipinski definition) is 3. The van der Waals surface area contributed by atoms with Gasteiger partial charge in [-0.15, -0.1) is 0 Å². The summed E-state index contributed by atoms with van der Waals surface area (Å²) in [5, 5.41) is 0. The Labute approximate surface area is 154 Å². The minimum Gasteiger partial charge on any atom is -0.327 e. The average molecular weight is 358 g/mol. The molecule has 140 valence electrons. The van der Waals surface area contributed by atoms with Crippen molar-refractivity contribution in [2.75, 3.05) is 13.1 Å². The van der Waals surface area contributed by atoms with Crippen LogP contribution in [0.5, 0.6) is 0 Å². The van der Waals surface area contributed by atoms with Crippen molar-refractivity contribution in [3.05, 3.63) is 41.1 Å². The van der Waals surface area contributed by atoms with Crippen molar-refractivity contribution in [1.82, 2.24) is 14.5 Å². The maximum absolute atomic E-state index is 14.7. The van der Waals surface area contributed by atoms with Crippen molar-refractivity contribution < 1.29 is 9.18 Å². The third kappa shape index (κ3) is 2.72. The van der Waals surface area contributed by atoms with Gasteiger partial charge in [0.15, 0.2) is 0 Å². The number of halogens is 1. The van der Waals surface area contributed by atoms with Gasteiger partial charge in [0.2, 0.25) is 5.91 Å². The molecule has 1 aromatic heterocycles. The second kappa shape index (κ2) is 6.50. The second-order valence-electron chi connectivity index (χ2n) is 7.72. The van der Waals surface area contributed by atoms with Crippen LogP contribution in [0.3, 0.4) is 0 Å². The Morgan fingerprint density at radius 2 is 2.04 bits per heavy atom. The fourth-order valence-corrected chi connectivity index (χ4v) is 4.01. The Balaban J connectivity index is 2.26. The summed E-state index contributed by atoms with van der Waals surface area (Å²) in [6, 6.07) is 5.08. The first-order valence-corrected chi connectivity index (χ1v) is 9.07. The van der Waals surface area contributed by atoms with Crippen molar-refractivity contribution in [2.45, 2.75) is 52.6 Å². The summed E-state index contributed by atoms with van der Waals surface area (Å²) in [6.07, 6.45) is 0. The summed E-state index contributed by atoms with van der Waals surface area (Å²) in [7, 11) is 0. The first kappa shape index (κ1) is 18.6. The topological polar surface area (TPSA) is 64.2 Å². The van der Waals surface area contributed by atoms with Crippen LogP contribution in [0.2, 0.25) is 0 Å². The zero-order valence-electron chi connectivity index (χ0n) is 16.1. The maximum atomic E-state index is 14.7. The molecular formula is C20H27FN4O. The third-order valence-electron chi connectivity index (χ3n) is 5.26. The number of carbonyl (C=O) groups excluding carboxylic acids is 1. The van der Waals surface area contributed by atoms with Crippen molar-refractivity contribution >= 4 is 5.91 Å². The molecule has 2 N–H and O–H groups in total. The lowest BCUT2D eigenvalue weighted by molar-refractivity contribution is -0.137. The van der Waals surface area contributed by atoms with Crippen molar-refractivity contribution in [3.63, 3.8) is 0 Å². The molecule has 0 spiro atoms. The molecule has 3 rings (SSSR count). The van der Waals surface area contributed by atoms with Crippen LogP contribution in [0.1, 0.15) is 50.7 Å². The molecular weight excluding hydrogens is 331 g/mol. The van der Waals surface area contributed by atoms with Gasteiger partial charge in [0.1, 0.15) is 11.6 Å². The van der Waals surface area contributed by atoms with Crippen LogP contribution >= 0.6 is 0 Å². The molecule has 2 heterocycles. The largest absolute Gasteiger partial charge is 0.327 e. The zero-order valence-corrected chi connectivity index (χ0v) is 16.1. The summed E-state index contributed by atoms with van der Waals surface area (Å²) >= 11 is 0. The molecule has 0 saturated heterocycles. The van der Waals surface area contributed by atoms with E-state index >= 15 is 0 Å². The van der Waals surface area contributed by atoms with Crippen LogP contribution in [0.25, 0.3) is 11.3 Å². The number of benzene rings is 1. The molecule has 1 aliphatic rings. The van der Waals surface area contributed by atoms with E-state index in [0.29, 0.717) is 24.3 Å². The van der Waals surface area contributed by atoms with Crippen molar-refractivity contribution in [3.8, 4) is 11.3 Å². The molecule has 26 heavy (non-hydrogen) atoms. The number of carbonyl (C=O) groups is 1. The van der Waals surface area contributed by atoms with E-state index < -0.39 is 5.54 Å². The maximum Gasteiger partial charge on any atom is 0.237 e. The third-order valence-corrected chi connectivity index (χ3v) is 5.26. The molecule has 6 heteroatoms. The van der Waals surface area contributed by atoms with Gasteiger partial charge in [-0.05, 0) is 38.3 Å². The van der Waals surface area contributed by atoms with Crippen LogP contribution in [0, 0.1) is 12.7 Å². The molecule has 0 unspecified atom stereocenters. The lowest BCUT2D eigenvalue weighted by atomic mass is 9.97. The first-order valence-electron chi connectivity index (χ1n) is 9.07. The zero-order chi connectivity index (χ0) is 19.2. The van der Waals surface area contributed by atoms with Crippen LogP contribution < -0.4 is 5.73 Å². The average Bonchev–Trinajstić information content (AvgIpc) is 2.95. The molecule has 0 saturated carbocycles. The van der Waals surface area contributed by atoms with Crippen LogP contribution in [0.15, 0.2) is 18.2 Å². The number of imidazole rings is 1. The van der Waals surface area contributed by atoms with E-state index in [0.717, 1.165) is 17.1 Å². The number of fused-ring (bicyclic) bond motifs is 1. The lowest BCUT2D eigenvalue weighted by Crippen LogP contribution is -2.53. The first-order chi connectivity index (χ1) is 12.2. The minimum absolute atomic E-state index is 0.0273. The quantitative estimate of drug-likeness (QED) is 0.917. The Kier molecular flexibility index (Phi) is 4.65. The number of aryl methyl sites for hydroxylation is 1. The molecule has 1 aliphatic heterocycles. The smallest absolute Gasteiger partial charge is 0.237 e. The Hall–Kier alpha value is -2.21. The highest BCUT2D eigenvalue weighted by molar-refractivity contribution is 5.79. The summed E-state index contributed by atoms with van der Waals surface area (Å²) in [5.41, 5.74) is 8.09. The predicted molar refractivity (Wildman–Crippen MR) is 100 cm³/mol. The summed E-state index contributed by atoms with van der Waals surface area (Å²) in [4.78, 5) is 18.9. The monoisotopic (exact) mass is 358 g/mol. The standard InChI is InChI=1S/C20H27FN4O/c1-12(2)18-17(16-13(3)7-6-8-14(16)21)23-19-20(4,5)25(15(26)11-22)10-9-24(18)19/h6-8,12H,9-11,22H2,1-5H3. The molecule has 0 aliphatic carbocycles. The summed E-state index contributed by atoms with van der Waals surface area (Å²) < 4.78 is 16.8. The number of nitrogens with zero attached hydrogens (tertiary/aromatic N) is 3. The fraction of sp³-hybridized carbons (Fsp3) is 0.500. The van der Waals surface area contributed by atoms with E-state index in [4.69, 9.17) is 10.7 Å². The van der Waals surface area contributed by atoms with Gasteiger partial charge < -0.3 is 15.2 Å². The molecule has 5 nitrogen and oxygen atoms in total. The van der Waals surface area contributed by atoms with E-state index in [1.165, 1.54) is 6.07 Å². The van der Waals surface area contributed by atoms with Gasteiger partial charge in [-0.25, -0.2) is 9.37 Å². The minimum atomic E-state index is -0.601. The highest BCUT2D eigenvalue weighted by Gasteiger charge is 2.41. The number of amides is 1. The van der Waals surface area contributed by atoms with Crippen LogP contribution in [0.4, 0.5) is 4.39 Å². The van der Waals surface area contributed by atoms with E-state index in [1.807, 2.05) is 26.8 Å². The Bertz CT molecular complexity index is 833. The number of rotatable bonds is 3. The van der Waals surface area contributed by atoms with Gasteiger partial charge in [-0.2, -0.15) is 0 Å². The summed E-state index contributed by atoms with van der Waals surface area (Å²) in [5.74, 6) is 0.596. The number of aromatic nitrogens is 2. The molecule has 0 radical (unpaired) electrons. The molecule has 2 aromatic rings. The lowest BCUT2D eigenvalue weighted by Gasteiger charge is -2.42.